The van der Waals surface area contributed by atoms with Gasteiger partial charge in [-0.25, -0.2) is 0 Å². The largest absolute Gasteiger partial charge is 0.292 e. The van der Waals surface area contributed by atoms with Crippen molar-refractivity contribution >= 4 is 6.21 Å². The maximum absolute atomic E-state index is 7.24. The zero-order valence-corrected chi connectivity index (χ0v) is 6.04. The highest BCUT2D eigenvalue weighted by atomic mass is 14.8. The van der Waals surface area contributed by atoms with Crippen LogP contribution in [0.15, 0.2) is 17.3 Å². The van der Waals surface area contributed by atoms with E-state index >= 15 is 0 Å². The first-order chi connectivity index (χ1) is 6.57. The molecule has 1 aromatic heterocycles. The van der Waals surface area contributed by atoms with E-state index in [1.54, 1.807) is 12.3 Å². The van der Waals surface area contributed by atoms with Crippen molar-refractivity contribution in [3.05, 3.63) is 29.1 Å². The van der Waals surface area contributed by atoms with Crippen LogP contribution in [0.4, 0.5) is 0 Å². The SMILES string of the molecule is [2H]C([2H])([2H])c1cnc2c(c1)C=NCC2. The Bertz CT molecular complexity index is 382. The Balaban J connectivity index is 2.45. The lowest BCUT2D eigenvalue weighted by Gasteiger charge is -2.08. The Morgan fingerprint density at radius 1 is 1.64 bits per heavy atom. The molecule has 0 fully saturated rings. The molecule has 0 amide bonds. The Morgan fingerprint density at radius 2 is 2.64 bits per heavy atom. The normalized spacial score (nSPS) is 19.8. The van der Waals surface area contributed by atoms with E-state index in [9.17, 15) is 0 Å². The first-order valence-electron chi connectivity index (χ1n) is 5.06. The number of aromatic nitrogens is 1. The molecular formula is C9H10N2. The predicted molar refractivity (Wildman–Crippen MR) is 45.1 cm³/mol. The molecule has 0 spiro atoms. The molecule has 2 heterocycles. The van der Waals surface area contributed by atoms with E-state index in [1.165, 1.54) is 6.20 Å². The summed E-state index contributed by atoms with van der Waals surface area (Å²) in [6.07, 6.45) is 3.93. The van der Waals surface area contributed by atoms with Gasteiger partial charge in [0.1, 0.15) is 0 Å². The summed E-state index contributed by atoms with van der Waals surface area (Å²) >= 11 is 0. The Labute approximate surface area is 70.2 Å². The van der Waals surface area contributed by atoms with E-state index in [0.29, 0.717) is 0 Å². The average molecular weight is 149 g/mol. The Morgan fingerprint density at radius 3 is 3.55 bits per heavy atom. The van der Waals surface area contributed by atoms with E-state index in [1.807, 2.05) is 0 Å². The minimum absolute atomic E-state index is 0.282. The number of aliphatic imine (C=N–C) groups is 1. The van der Waals surface area contributed by atoms with Gasteiger partial charge in [0.25, 0.3) is 0 Å². The van der Waals surface area contributed by atoms with Crippen molar-refractivity contribution in [2.75, 3.05) is 6.54 Å². The highest BCUT2D eigenvalue weighted by Gasteiger charge is 2.04. The summed E-state index contributed by atoms with van der Waals surface area (Å²) in [6, 6.07) is 1.65. The van der Waals surface area contributed by atoms with Gasteiger partial charge in [0.15, 0.2) is 0 Å². The molecule has 1 aromatic rings. The molecule has 0 aliphatic carbocycles. The van der Waals surface area contributed by atoms with Crippen molar-refractivity contribution in [1.82, 2.24) is 4.98 Å². The fraction of sp³-hybridized carbons (Fsp3) is 0.333. The molecular weight excluding hydrogens is 136 g/mol. The van der Waals surface area contributed by atoms with Crippen molar-refractivity contribution in [3.8, 4) is 0 Å². The first-order valence-corrected chi connectivity index (χ1v) is 3.56. The predicted octanol–water partition coefficient (Wildman–Crippen LogP) is 1.37. The molecule has 56 valence electrons. The topological polar surface area (TPSA) is 25.2 Å². The zero-order chi connectivity index (χ0) is 10.2. The second kappa shape index (κ2) is 2.46. The number of aryl methyl sites for hydroxylation is 1. The van der Waals surface area contributed by atoms with E-state index in [-0.39, 0.29) is 5.56 Å². The van der Waals surface area contributed by atoms with E-state index < -0.39 is 6.85 Å². The number of fused-ring (bicyclic) bond motifs is 1. The van der Waals surface area contributed by atoms with Gasteiger partial charge in [-0.1, -0.05) is 0 Å². The van der Waals surface area contributed by atoms with Crippen molar-refractivity contribution in [1.29, 1.82) is 0 Å². The number of pyridine rings is 1. The molecule has 0 N–H and O–H groups in total. The summed E-state index contributed by atoms with van der Waals surface area (Å²) in [5.74, 6) is 0. The van der Waals surface area contributed by atoms with Crippen LogP contribution >= 0.6 is 0 Å². The molecule has 1 aliphatic heterocycles. The second-order valence-corrected chi connectivity index (χ2v) is 2.55. The number of rotatable bonds is 0. The number of hydrogen-bond acceptors (Lipinski definition) is 2. The summed E-state index contributed by atoms with van der Waals surface area (Å²) in [4.78, 5) is 8.23. The van der Waals surface area contributed by atoms with Gasteiger partial charge in [-0.15, -0.1) is 0 Å². The van der Waals surface area contributed by atoms with Gasteiger partial charge in [-0.3, -0.25) is 9.98 Å². The first kappa shape index (κ1) is 4.00. The van der Waals surface area contributed by atoms with Crippen LogP contribution in [0.2, 0.25) is 0 Å². The van der Waals surface area contributed by atoms with Gasteiger partial charge in [0.2, 0.25) is 0 Å². The van der Waals surface area contributed by atoms with E-state index in [4.69, 9.17) is 4.11 Å². The van der Waals surface area contributed by atoms with Crippen LogP contribution in [0.25, 0.3) is 0 Å². The molecule has 0 atom stereocenters. The van der Waals surface area contributed by atoms with Gasteiger partial charge in [0.05, 0.1) is 5.69 Å². The highest BCUT2D eigenvalue weighted by Crippen LogP contribution is 2.10. The van der Waals surface area contributed by atoms with Gasteiger partial charge >= 0.3 is 0 Å². The summed E-state index contributed by atoms with van der Waals surface area (Å²) in [7, 11) is 0. The van der Waals surface area contributed by atoms with Crippen LogP contribution < -0.4 is 0 Å². The minimum atomic E-state index is -2.08. The summed E-state index contributed by atoms with van der Waals surface area (Å²) in [5.41, 5.74) is 2.06. The fourth-order valence-corrected chi connectivity index (χ4v) is 1.16. The summed E-state index contributed by atoms with van der Waals surface area (Å²) in [6.45, 7) is -1.33. The van der Waals surface area contributed by atoms with Gasteiger partial charge in [0, 0.05) is 35.1 Å². The molecule has 0 aromatic carbocycles. The quantitative estimate of drug-likeness (QED) is 0.547. The molecule has 0 unspecified atom stereocenters. The number of hydrogen-bond donors (Lipinski definition) is 0. The van der Waals surface area contributed by atoms with Gasteiger partial charge in [-0.2, -0.15) is 0 Å². The molecule has 0 bridgehead atoms. The lowest BCUT2D eigenvalue weighted by atomic mass is 10.1. The lowest BCUT2D eigenvalue weighted by molar-refractivity contribution is 0.902. The standard InChI is InChI=1S/C9H10N2/c1-7-4-8-6-10-3-2-9(8)11-5-7/h4-6H,2-3H2,1H3/i1D3. The zero-order valence-electron chi connectivity index (χ0n) is 9.04. The van der Waals surface area contributed by atoms with Crippen LogP contribution in [-0.2, 0) is 6.42 Å². The molecule has 2 rings (SSSR count). The van der Waals surface area contributed by atoms with Crippen LogP contribution in [0.5, 0.6) is 0 Å². The summed E-state index contributed by atoms with van der Waals surface area (Å²) in [5, 5.41) is 0. The minimum Gasteiger partial charge on any atom is -0.292 e. The Kier molecular flexibility index (Phi) is 0.893. The van der Waals surface area contributed by atoms with Gasteiger partial charge in [-0.05, 0) is 18.5 Å². The maximum atomic E-state index is 7.24. The fourth-order valence-electron chi connectivity index (χ4n) is 1.16. The monoisotopic (exact) mass is 149 g/mol. The average Bonchev–Trinajstić information content (AvgIpc) is 2.16. The molecule has 0 saturated heterocycles. The molecule has 1 aliphatic rings. The van der Waals surface area contributed by atoms with Crippen molar-refractivity contribution < 1.29 is 4.11 Å². The highest BCUT2D eigenvalue weighted by molar-refractivity contribution is 5.82. The third-order valence-electron chi connectivity index (χ3n) is 1.71. The van der Waals surface area contributed by atoms with E-state index in [0.717, 1.165) is 24.2 Å². The van der Waals surface area contributed by atoms with Gasteiger partial charge < -0.3 is 0 Å². The van der Waals surface area contributed by atoms with Crippen LogP contribution in [0, 0.1) is 6.85 Å². The maximum Gasteiger partial charge on any atom is 0.0509 e. The third-order valence-corrected chi connectivity index (χ3v) is 1.71. The van der Waals surface area contributed by atoms with Crippen LogP contribution in [0.1, 0.15) is 20.9 Å². The third kappa shape index (κ3) is 1.16. The molecule has 0 saturated carbocycles. The second-order valence-electron chi connectivity index (χ2n) is 2.55. The number of nitrogens with zero attached hydrogens (tertiary/aromatic N) is 2. The van der Waals surface area contributed by atoms with Crippen molar-refractivity contribution in [2.24, 2.45) is 4.99 Å². The summed E-state index contributed by atoms with van der Waals surface area (Å²) < 4.78 is 21.7. The van der Waals surface area contributed by atoms with Crippen LogP contribution in [-0.4, -0.2) is 17.7 Å². The molecule has 11 heavy (non-hydrogen) atoms. The molecule has 0 radical (unpaired) electrons. The molecule has 2 heteroatoms. The van der Waals surface area contributed by atoms with E-state index in [2.05, 4.69) is 9.98 Å². The van der Waals surface area contributed by atoms with Crippen LogP contribution in [0.3, 0.4) is 0 Å². The smallest absolute Gasteiger partial charge is 0.0509 e. The Hall–Kier alpha value is -1.18. The lowest BCUT2D eigenvalue weighted by Crippen LogP contribution is -2.05. The van der Waals surface area contributed by atoms with Crippen molar-refractivity contribution in [2.45, 2.75) is 13.3 Å². The molecule has 2 nitrogen and oxygen atoms in total. The van der Waals surface area contributed by atoms with Crippen molar-refractivity contribution in [3.63, 3.8) is 0 Å².